The largest absolute Gasteiger partial charge is 0.479 e. The van der Waals surface area contributed by atoms with Gasteiger partial charge in [-0.15, -0.1) is 0 Å². The Labute approximate surface area is 172 Å². The summed E-state index contributed by atoms with van der Waals surface area (Å²) >= 11 is 0. The number of aromatic carboxylic acids is 1. The van der Waals surface area contributed by atoms with Gasteiger partial charge in [-0.05, 0) is 44.2 Å². The second-order valence-electron chi connectivity index (χ2n) is 6.49. The van der Waals surface area contributed by atoms with Gasteiger partial charge < -0.3 is 19.9 Å². The Morgan fingerprint density at radius 3 is 2.63 bits per heavy atom. The predicted octanol–water partition coefficient (Wildman–Crippen LogP) is 2.31. The first-order valence-corrected chi connectivity index (χ1v) is 9.23. The van der Waals surface area contributed by atoms with Crippen molar-refractivity contribution in [3.8, 4) is 5.75 Å². The summed E-state index contributed by atoms with van der Waals surface area (Å²) in [4.78, 5) is 49.8. The van der Waals surface area contributed by atoms with E-state index < -0.39 is 29.9 Å². The molecule has 3 rings (SSSR count). The Morgan fingerprint density at radius 1 is 1.20 bits per heavy atom. The summed E-state index contributed by atoms with van der Waals surface area (Å²) in [7, 11) is 0. The monoisotopic (exact) mass is 412 g/mol. The molecule has 9 heteroatoms. The smallest absolute Gasteiger partial charge is 0.340 e. The lowest BCUT2D eigenvalue weighted by Gasteiger charge is -2.32. The number of amides is 2. The number of anilines is 2. The Balaban J connectivity index is 1.85. The molecule has 1 aliphatic heterocycles. The fourth-order valence-electron chi connectivity index (χ4n) is 3.02. The van der Waals surface area contributed by atoms with E-state index in [4.69, 9.17) is 9.47 Å². The standard InChI is InChI=1S/C21H20N2O7/c1-3-29-21(28)14-6-4-5-7-15(14)22-18(24)11-23-16-10-13(20(26)27)8-9-17(16)30-12(2)19(23)25/h4-10,12H,3,11H2,1-2H3,(H,22,24)(H,26,27). The van der Waals surface area contributed by atoms with Gasteiger partial charge in [0.1, 0.15) is 12.3 Å². The van der Waals surface area contributed by atoms with Crippen LogP contribution in [0.15, 0.2) is 42.5 Å². The van der Waals surface area contributed by atoms with Crippen molar-refractivity contribution in [3.05, 3.63) is 53.6 Å². The minimum absolute atomic E-state index is 0.0437. The molecule has 0 saturated heterocycles. The molecule has 30 heavy (non-hydrogen) atoms. The number of nitrogens with zero attached hydrogens (tertiary/aromatic N) is 1. The molecule has 2 amide bonds. The van der Waals surface area contributed by atoms with E-state index in [0.717, 1.165) is 4.90 Å². The van der Waals surface area contributed by atoms with Crippen LogP contribution in [0.3, 0.4) is 0 Å². The van der Waals surface area contributed by atoms with E-state index in [-0.39, 0.29) is 35.7 Å². The first-order valence-electron chi connectivity index (χ1n) is 9.23. The van der Waals surface area contributed by atoms with Crippen molar-refractivity contribution < 1.29 is 33.8 Å². The number of carbonyl (C=O) groups excluding carboxylic acids is 3. The third-order valence-corrected chi connectivity index (χ3v) is 4.41. The number of carbonyl (C=O) groups is 4. The summed E-state index contributed by atoms with van der Waals surface area (Å²) in [6.07, 6.45) is -0.840. The van der Waals surface area contributed by atoms with Gasteiger partial charge in [0.25, 0.3) is 5.91 Å². The molecule has 0 bridgehead atoms. The van der Waals surface area contributed by atoms with Gasteiger partial charge in [0.15, 0.2) is 6.10 Å². The van der Waals surface area contributed by atoms with E-state index >= 15 is 0 Å². The van der Waals surface area contributed by atoms with Crippen molar-refractivity contribution >= 4 is 35.1 Å². The molecule has 1 atom stereocenters. The molecule has 0 aliphatic carbocycles. The number of hydrogen-bond donors (Lipinski definition) is 2. The van der Waals surface area contributed by atoms with E-state index in [1.807, 2.05) is 0 Å². The van der Waals surface area contributed by atoms with Crippen LogP contribution in [0, 0.1) is 0 Å². The Hall–Kier alpha value is -3.88. The summed E-state index contributed by atoms with van der Waals surface area (Å²) in [6, 6.07) is 10.4. The summed E-state index contributed by atoms with van der Waals surface area (Å²) in [5, 5.41) is 11.8. The van der Waals surface area contributed by atoms with Gasteiger partial charge in [0, 0.05) is 0 Å². The molecule has 2 aromatic carbocycles. The van der Waals surface area contributed by atoms with Gasteiger partial charge in [-0.1, -0.05) is 12.1 Å². The maximum Gasteiger partial charge on any atom is 0.340 e. The number of fused-ring (bicyclic) bond motifs is 1. The van der Waals surface area contributed by atoms with Crippen molar-refractivity contribution in [1.29, 1.82) is 0 Å². The molecule has 9 nitrogen and oxygen atoms in total. The molecule has 2 N–H and O–H groups in total. The van der Waals surface area contributed by atoms with Crippen LogP contribution in [0.1, 0.15) is 34.6 Å². The molecule has 0 radical (unpaired) electrons. The number of nitrogens with one attached hydrogen (secondary N) is 1. The lowest BCUT2D eigenvalue weighted by molar-refractivity contribution is -0.127. The quantitative estimate of drug-likeness (QED) is 0.698. The topological polar surface area (TPSA) is 122 Å². The zero-order valence-corrected chi connectivity index (χ0v) is 16.4. The van der Waals surface area contributed by atoms with Gasteiger partial charge in [-0.2, -0.15) is 0 Å². The fourth-order valence-corrected chi connectivity index (χ4v) is 3.02. The Morgan fingerprint density at radius 2 is 1.93 bits per heavy atom. The summed E-state index contributed by atoms with van der Waals surface area (Å²) < 4.78 is 10.5. The van der Waals surface area contributed by atoms with E-state index in [1.165, 1.54) is 31.2 Å². The lowest BCUT2D eigenvalue weighted by Crippen LogP contribution is -2.47. The van der Waals surface area contributed by atoms with Gasteiger partial charge in [-0.25, -0.2) is 9.59 Å². The number of carboxylic acids is 1. The third-order valence-electron chi connectivity index (χ3n) is 4.41. The van der Waals surface area contributed by atoms with Gasteiger partial charge >= 0.3 is 11.9 Å². The predicted molar refractivity (Wildman–Crippen MR) is 107 cm³/mol. The highest BCUT2D eigenvalue weighted by Gasteiger charge is 2.33. The molecule has 1 heterocycles. The molecule has 1 unspecified atom stereocenters. The van der Waals surface area contributed by atoms with Crippen molar-refractivity contribution in [3.63, 3.8) is 0 Å². The number of benzene rings is 2. The van der Waals surface area contributed by atoms with Gasteiger partial charge in [-0.3, -0.25) is 14.5 Å². The average molecular weight is 412 g/mol. The van der Waals surface area contributed by atoms with Crippen molar-refractivity contribution in [1.82, 2.24) is 0 Å². The number of carboxylic acid groups (broad SMARTS) is 1. The number of esters is 1. The number of hydrogen-bond acceptors (Lipinski definition) is 6. The first kappa shape index (κ1) is 20.8. The summed E-state index contributed by atoms with van der Waals surface area (Å²) in [5.74, 6) is -2.51. The maximum absolute atomic E-state index is 12.7. The van der Waals surface area contributed by atoms with Gasteiger partial charge in [0.05, 0.1) is 29.1 Å². The van der Waals surface area contributed by atoms with Gasteiger partial charge in [0.2, 0.25) is 5.91 Å². The SMILES string of the molecule is CCOC(=O)c1ccccc1NC(=O)CN1C(=O)C(C)Oc2ccc(C(=O)O)cc21. The molecular weight excluding hydrogens is 392 g/mol. The number of ether oxygens (including phenoxy) is 2. The van der Waals surface area contributed by atoms with Crippen LogP contribution in [0.4, 0.5) is 11.4 Å². The van der Waals surface area contributed by atoms with E-state index in [0.29, 0.717) is 5.75 Å². The molecule has 1 aliphatic rings. The van der Waals surface area contributed by atoms with Crippen LogP contribution >= 0.6 is 0 Å². The highest BCUT2D eigenvalue weighted by molar-refractivity contribution is 6.08. The minimum Gasteiger partial charge on any atom is -0.479 e. The molecule has 0 fully saturated rings. The zero-order chi connectivity index (χ0) is 21.8. The molecule has 0 aromatic heterocycles. The normalized spacial score (nSPS) is 15.1. The van der Waals surface area contributed by atoms with Crippen LogP contribution < -0.4 is 15.0 Å². The van der Waals surface area contributed by atoms with Crippen LogP contribution in [0.5, 0.6) is 5.75 Å². The number of para-hydroxylation sites is 1. The third kappa shape index (κ3) is 4.24. The van der Waals surface area contributed by atoms with E-state index in [1.54, 1.807) is 25.1 Å². The fraction of sp³-hybridized carbons (Fsp3) is 0.238. The second-order valence-corrected chi connectivity index (χ2v) is 6.49. The minimum atomic E-state index is -1.17. The molecular formula is C21H20N2O7. The lowest BCUT2D eigenvalue weighted by atomic mass is 10.1. The summed E-state index contributed by atoms with van der Waals surface area (Å²) in [6.45, 7) is 3.01. The van der Waals surface area contributed by atoms with Crippen LogP contribution in [0.2, 0.25) is 0 Å². The van der Waals surface area contributed by atoms with Crippen LogP contribution in [-0.4, -0.2) is 48.1 Å². The molecule has 0 saturated carbocycles. The zero-order valence-electron chi connectivity index (χ0n) is 16.4. The van der Waals surface area contributed by atoms with Crippen molar-refractivity contribution in [2.45, 2.75) is 20.0 Å². The molecule has 2 aromatic rings. The first-order chi connectivity index (χ1) is 14.3. The Bertz CT molecular complexity index is 1020. The van der Waals surface area contributed by atoms with Crippen molar-refractivity contribution in [2.24, 2.45) is 0 Å². The molecule has 0 spiro atoms. The highest BCUT2D eigenvalue weighted by atomic mass is 16.5. The van der Waals surface area contributed by atoms with E-state index in [2.05, 4.69) is 5.32 Å². The number of rotatable bonds is 6. The maximum atomic E-state index is 12.7. The highest BCUT2D eigenvalue weighted by Crippen LogP contribution is 2.35. The second kappa shape index (κ2) is 8.64. The van der Waals surface area contributed by atoms with Crippen molar-refractivity contribution in [2.75, 3.05) is 23.4 Å². The Kier molecular flexibility index (Phi) is 6.01. The summed E-state index contributed by atoms with van der Waals surface area (Å²) in [5.41, 5.74) is 0.571. The van der Waals surface area contributed by atoms with Crippen LogP contribution in [-0.2, 0) is 14.3 Å². The molecule has 156 valence electrons. The van der Waals surface area contributed by atoms with Crippen LogP contribution in [0.25, 0.3) is 0 Å². The average Bonchev–Trinajstić information content (AvgIpc) is 2.71. The van der Waals surface area contributed by atoms with E-state index in [9.17, 15) is 24.3 Å².